The number of nitro groups is 1. The van der Waals surface area contributed by atoms with E-state index >= 15 is 0 Å². The molecule has 104 valence electrons. The Morgan fingerprint density at radius 3 is 2.33 bits per heavy atom. The average molecular weight is 319 g/mol. The van der Waals surface area contributed by atoms with Crippen molar-refractivity contribution in [3.05, 3.63) is 73.8 Å². The minimum atomic E-state index is -0.488. The highest BCUT2D eigenvalue weighted by atomic mass is 35.5. The van der Waals surface area contributed by atoms with Crippen molar-refractivity contribution in [2.45, 2.75) is 0 Å². The number of allylic oxidation sites excluding steroid dienone is 1. The first-order valence-corrected chi connectivity index (χ1v) is 6.58. The molecule has 0 radical (unpaired) electrons. The van der Waals surface area contributed by atoms with E-state index in [9.17, 15) is 15.4 Å². The van der Waals surface area contributed by atoms with Gasteiger partial charge in [0.15, 0.2) is 0 Å². The highest BCUT2D eigenvalue weighted by Gasteiger charge is 2.07. The predicted octanol–water partition coefficient (Wildman–Crippen LogP) is 4.97. The molecule has 0 aliphatic rings. The van der Waals surface area contributed by atoms with Gasteiger partial charge in [0.25, 0.3) is 5.69 Å². The van der Waals surface area contributed by atoms with Gasteiger partial charge in [-0.05, 0) is 41.5 Å². The molecule has 0 atom stereocenters. The fraction of sp³-hybridized carbons (Fsp3) is 0. The molecule has 0 aliphatic carbocycles. The lowest BCUT2D eigenvalue weighted by atomic mass is 10.0. The Hall–Kier alpha value is -2.35. The average Bonchev–Trinajstić information content (AvgIpc) is 2.48. The fourth-order valence-corrected chi connectivity index (χ4v) is 2.02. The Balaban J connectivity index is 2.39. The van der Waals surface area contributed by atoms with Crippen molar-refractivity contribution in [1.82, 2.24) is 0 Å². The van der Waals surface area contributed by atoms with Crippen molar-refractivity contribution in [2.75, 3.05) is 0 Å². The first kappa shape index (κ1) is 15.0. The van der Waals surface area contributed by atoms with Gasteiger partial charge in [0.2, 0.25) is 0 Å². The second-order valence-electron chi connectivity index (χ2n) is 4.15. The summed E-state index contributed by atoms with van der Waals surface area (Å²) in [5, 5.41) is 20.7. The van der Waals surface area contributed by atoms with Crippen LogP contribution in [0.2, 0.25) is 10.0 Å². The number of hydrogen-bond acceptors (Lipinski definition) is 3. The number of benzene rings is 2. The maximum atomic E-state index is 10.6. The molecular weight excluding hydrogens is 311 g/mol. The van der Waals surface area contributed by atoms with E-state index in [1.807, 2.05) is 0 Å². The third kappa shape index (κ3) is 3.60. The molecule has 0 saturated heterocycles. The largest absolute Gasteiger partial charge is 0.269 e. The van der Waals surface area contributed by atoms with Crippen molar-refractivity contribution >= 4 is 40.5 Å². The van der Waals surface area contributed by atoms with Gasteiger partial charge >= 0.3 is 0 Å². The molecule has 0 unspecified atom stereocenters. The third-order valence-corrected chi connectivity index (χ3v) is 3.50. The van der Waals surface area contributed by atoms with Crippen molar-refractivity contribution < 1.29 is 4.92 Å². The predicted molar refractivity (Wildman–Crippen MR) is 83.0 cm³/mol. The van der Waals surface area contributed by atoms with E-state index in [-0.39, 0.29) is 5.69 Å². The van der Waals surface area contributed by atoms with E-state index < -0.39 is 4.92 Å². The number of halogens is 2. The minimum Gasteiger partial charge on any atom is -0.258 e. The van der Waals surface area contributed by atoms with Crippen LogP contribution in [-0.4, -0.2) is 4.92 Å². The van der Waals surface area contributed by atoms with E-state index in [4.69, 9.17) is 23.2 Å². The molecule has 0 aliphatic heterocycles. The Labute approximate surface area is 131 Å². The SMILES string of the molecule is N#C/C(=C\c1ccc(Cl)c(Cl)c1)c1ccc([N+](=O)[O-])cc1. The number of nitriles is 1. The molecule has 0 amide bonds. The maximum Gasteiger partial charge on any atom is 0.269 e. The van der Waals surface area contributed by atoms with Crippen LogP contribution >= 0.6 is 23.2 Å². The number of non-ortho nitro benzene ring substituents is 1. The summed E-state index contributed by atoms with van der Waals surface area (Å²) < 4.78 is 0. The second kappa shape index (κ2) is 6.40. The molecule has 0 fully saturated rings. The first-order chi connectivity index (χ1) is 10.0. The molecule has 0 saturated carbocycles. The monoisotopic (exact) mass is 318 g/mol. The summed E-state index contributed by atoms with van der Waals surface area (Å²) in [6.45, 7) is 0. The topological polar surface area (TPSA) is 66.9 Å². The Bertz CT molecular complexity index is 762. The summed E-state index contributed by atoms with van der Waals surface area (Å²) >= 11 is 11.8. The molecular formula is C15H8Cl2N2O2. The lowest BCUT2D eigenvalue weighted by Gasteiger charge is -2.01. The quantitative estimate of drug-likeness (QED) is 0.347. The summed E-state index contributed by atoms with van der Waals surface area (Å²) in [5.41, 5.74) is 1.67. The van der Waals surface area contributed by atoms with Crippen LogP contribution in [-0.2, 0) is 0 Å². The molecule has 0 N–H and O–H groups in total. The van der Waals surface area contributed by atoms with Gasteiger partial charge in [-0.15, -0.1) is 0 Å². The van der Waals surface area contributed by atoms with Gasteiger partial charge in [-0.2, -0.15) is 5.26 Å². The van der Waals surface area contributed by atoms with Crippen molar-refractivity contribution in [3.8, 4) is 6.07 Å². The molecule has 6 heteroatoms. The normalized spacial score (nSPS) is 11.0. The van der Waals surface area contributed by atoms with Gasteiger partial charge in [0.05, 0.1) is 26.6 Å². The zero-order chi connectivity index (χ0) is 15.4. The molecule has 0 spiro atoms. The van der Waals surface area contributed by atoms with Crippen LogP contribution in [0, 0.1) is 21.4 Å². The highest BCUT2D eigenvalue weighted by Crippen LogP contribution is 2.26. The Kier molecular flexibility index (Phi) is 4.59. The molecule has 2 aromatic carbocycles. The van der Waals surface area contributed by atoms with E-state index in [0.717, 1.165) is 5.56 Å². The van der Waals surface area contributed by atoms with Gasteiger partial charge in [0.1, 0.15) is 0 Å². The Morgan fingerprint density at radius 2 is 1.81 bits per heavy atom. The van der Waals surface area contributed by atoms with Crippen molar-refractivity contribution in [2.24, 2.45) is 0 Å². The van der Waals surface area contributed by atoms with Crippen LogP contribution in [0.25, 0.3) is 11.6 Å². The lowest BCUT2D eigenvalue weighted by molar-refractivity contribution is -0.384. The zero-order valence-electron chi connectivity index (χ0n) is 10.6. The van der Waals surface area contributed by atoms with E-state index in [2.05, 4.69) is 6.07 Å². The second-order valence-corrected chi connectivity index (χ2v) is 4.96. The lowest BCUT2D eigenvalue weighted by Crippen LogP contribution is -1.88. The summed E-state index contributed by atoms with van der Waals surface area (Å²) in [4.78, 5) is 10.1. The number of nitrogens with zero attached hydrogens (tertiary/aromatic N) is 2. The van der Waals surface area contributed by atoms with E-state index in [1.54, 1.807) is 24.3 Å². The van der Waals surface area contributed by atoms with Crippen LogP contribution in [0.4, 0.5) is 5.69 Å². The highest BCUT2D eigenvalue weighted by molar-refractivity contribution is 6.42. The van der Waals surface area contributed by atoms with E-state index in [0.29, 0.717) is 21.2 Å². The number of hydrogen-bond donors (Lipinski definition) is 0. The van der Waals surface area contributed by atoms with Gasteiger partial charge in [-0.1, -0.05) is 29.3 Å². The fourth-order valence-electron chi connectivity index (χ4n) is 1.71. The van der Waals surface area contributed by atoms with Crippen LogP contribution in [0.5, 0.6) is 0 Å². The van der Waals surface area contributed by atoms with Gasteiger partial charge in [-0.25, -0.2) is 0 Å². The van der Waals surface area contributed by atoms with Crippen molar-refractivity contribution in [1.29, 1.82) is 5.26 Å². The smallest absolute Gasteiger partial charge is 0.258 e. The van der Waals surface area contributed by atoms with Gasteiger partial charge < -0.3 is 0 Å². The third-order valence-electron chi connectivity index (χ3n) is 2.76. The molecule has 2 aromatic rings. The molecule has 21 heavy (non-hydrogen) atoms. The van der Waals surface area contributed by atoms with Crippen LogP contribution in [0.3, 0.4) is 0 Å². The van der Waals surface area contributed by atoms with Gasteiger partial charge in [0, 0.05) is 12.1 Å². The summed E-state index contributed by atoms with van der Waals surface area (Å²) in [6.07, 6.45) is 1.64. The molecule has 4 nitrogen and oxygen atoms in total. The Morgan fingerprint density at radius 1 is 1.14 bits per heavy atom. The molecule has 0 bridgehead atoms. The number of rotatable bonds is 3. The van der Waals surface area contributed by atoms with Crippen LogP contribution in [0.15, 0.2) is 42.5 Å². The van der Waals surface area contributed by atoms with E-state index in [1.165, 1.54) is 24.3 Å². The van der Waals surface area contributed by atoms with Crippen LogP contribution < -0.4 is 0 Å². The molecule has 0 aromatic heterocycles. The summed E-state index contributed by atoms with van der Waals surface area (Å²) in [6, 6.07) is 12.9. The zero-order valence-corrected chi connectivity index (χ0v) is 12.1. The van der Waals surface area contributed by atoms with Crippen molar-refractivity contribution in [3.63, 3.8) is 0 Å². The first-order valence-electron chi connectivity index (χ1n) is 5.83. The summed E-state index contributed by atoms with van der Waals surface area (Å²) in [5.74, 6) is 0. The standard InChI is InChI=1S/C15H8Cl2N2O2/c16-14-6-1-10(8-15(14)17)7-12(9-18)11-2-4-13(5-3-11)19(20)21/h1-8H/b12-7+. The minimum absolute atomic E-state index is 0.0226. The van der Waals surface area contributed by atoms with Gasteiger partial charge in [-0.3, -0.25) is 10.1 Å². The maximum absolute atomic E-state index is 10.6. The summed E-state index contributed by atoms with van der Waals surface area (Å²) in [7, 11) is 0. The van der Waals surface area contributed by atoms with Crippen LogP contribution in [0.1, 0.15) is 11.1 Å². The number of nitro benzene ring substituents is 1. The molecule has 2 rings (SSSR count). The molecule has 0 heterocycles.